The van der Waals surface area contributed by atoms with Crippen molar-refractivity contribution in [1.29, 1.82) is 0 Å². The first-order valence-electron chi connectivity index (χ1n) is 5.49. The molecule has 96 valence electrons. The highest BCUT2D eigenvalue weighted by atomic mass is 79.9. The highest BCUT2D eigenvalue weighted by Crippen LogP contribution is 2.32. The molecule has 0 saturated heterocycles. The predicted octanol–water partition coefficient (Wildman–Crippen LogP) is 5.67. The number of rotatable bonds is 4. The van der Waals surface area contributed by atoms with Crippen molar-refractivity contribution in [2.45, 2.75) is 19.5 Å². The van der Waals surface area contributed by atoms with Crippen molar-refractivity contribution in [2.75, 3.05) is 0 Å². The lowest BCUT2D eigenvalue weighted by Gasteiger charge is -2.13. The van der Waals surface area contributed by atoms with Crippen LogP contribution in [0.4, 0.5) is 0 Å². The molecule has 1 atom stereocenters. The van der Waals surface area contributed by atoms with Crippen LogP contribution >= 0.6 is 50.5 Å². The fraction of sp³-hybridized carbons (Fsp3) is 0.231. The summed E-state index contributed by atoms with van der Waals surface area (Å²) in [5.41, 5.74) is 1.22. The van der Waals surface area contributed by atoms with Gasteiger partial charge in [-0.2, -0.15) is 0 Å². The molecule has 0 aliphatic rings. The van der Waals surface area contributed by atoms with Crippen LogP contribution in [0.1, 0.15) is 23.4 Å². The van der Waals surface area contributed by atoms with Crippen LogP contribution < -0.4 is 5.32 Å². The average Bonchev–Trinajstić information content (AvgIpc) is 2.67. The Morgan fingerprint density at radius 3 is 2.50 bits per heavy atom. The Morgan fingerprint density at radius 2 is 1.94 bits per heavy atom. The second-order valence-corrected chi connectivity index (χ2v) is 7.02. The zero-order valence-electron chi connectivity index (χ0n) is 9.71. The number of thiophene rings is 1. The van der Waals surface area contributed by atoms with Crippen molar-refractivity contribution >= 4 is 50.5 Å². The van der Waals surface area contributed by atoms with Crippen molar-refractivity contribution in [2.24, 2.45) is 0 Å². The van der Waals surface area contributed by atoms with Crippen LogP contribution in [0.2, 0.25) is 9.36 Å². The second kappa shape index (κ2) is 6.40. The standard InChI is InChI=1S/C13H12BrCl2NS/c1-8(9-2-4-10(15)5-3-9)17-7-11-6-12(14)13(16)18-11/h2-6,8,17H,7H2,1H3/t8-/m0/s1. The summed E-state index contributed by atoms with van der Waals surface area (Å²) in [7, 11) is 0. The molecular formula is C13H12BrCl2NS. The Kier molecular flexibility index (Phi) is 5.10. The number of halogens is 3. The van der Waals surface area contributed by atoms with Gasteiger partial charge in [-0.3, -0.25) is 0 Å². The molecule has 0 unspecified atom stereocenters. The van der Waals surface area contributed by atoms with Gasteiger partial charge in [-0.05, 0) is 46.6 Å². The normalized spacial score (nSPS) is 12.7. The van der Waals surface area contributed by atoms with E-state index in [9.17, 15) is 0 Å². The van der Waals surface area contributed by atoms with Crippen molar-refractivity contribution in [3.63, 3.8) is 0 Å². The van der Waals surface area contributed by atoms with E-state index in [0.29, 0.717) is 0 Å². The molecule has 0 saturated carbocycles. The van der Waals surface area contributed by atoms with E-state index in [0.717, 1.165) is 20.4 Å². The number of benzene rings is 1. The molecule has 5 heteroatoms. The second-order valence-electron chi connectivity index (χ2n) is 3.99. The van der Waals surface area contributed by atoms with Crippen molar-refractivity contribution in [3.05, 3.63) is 54.6 Å². The van der Waals surface area contributed by atoms with Crippen LogP contribution in [0, 0.1) is 0 Å². The van der Waals surface area contributed by atoms with Crippen LogP contribution in [0.3, 0.4) is 0 Å². The van der Waals surface area contributed by atoms with Crippen LogP contribution in [-0.2, 0) is 6.54 Å². The third kappa shape index (κ3) is 3.72. The third-order valence-corrected chi connectivity index (χ3v) is 5.38. The van der Waals surface area contributed by atoms with Gasteiger partial charge in [0.1, 0.15) is 4.34 Å². The lowest BCUT2D eigenvalue weighted by molar-refractivity contribution is 0.579. The molecular weight excluding hydrogens is 353 g/mol. The molecule has 0 bridgehead atoms. The van der Waals surface area contributed by atoms with Crippen molar-refractivity contribution < 1.29 is 0 Å². The molecule has 1 aromatic heterocycles. The molecule has 0 spiro atoms. The molecule has 2 rings (SSSR count). The summed E-state index contributed by atoms with van der Waals surface area (Å²) >= 11 is 16.9. The van der Waals surface area contributed by atoms with E-state index in [1.807, 2.05) is 24.3 Å². The fourth-order valence-corrected chi connectivity index (χ4v) is 3.47. The lowest BCUT2D eigenvalue weighted by atomic mass is 10.1. The average molecular weight is 365 g/mol. The predicted molar refractivity (Wildman–Crippen MR) is 83.7 cm³/mol. The van der Waals surface area contributed by atoms with Gasteiger partial charge < -0.3 is 5.32 Å². The van der Waals surface area contributed by atoms with Crippen LogP contribution in [0.15, 0.2) is 34.8 Å². The van der Waals surface area contributed by atoms with Gasteiger partial charge in [-0.25, -0.2) is 0 Å². The maximum atomic E-state index is 6.01. The maximum absolute atomic E-state index is 6.01. The summed E-state index contributed by atoms with van der Waals surface area (Å²) in [4.78, 5) is 1.22. The Hall–Kier alpha value is -0.0600. The van der Waals surface area contributed by atoms with Gasteiger partial charge in [0.25, 0.3) is 0 Å². The van der Waals surface area contributed by atoms with Gasteiger partial charge in [0.15, 0.2) is 0 Å². The summed E-state index contributed by atoms with van der Waals surface area (Å²) in [6.07, 6.45) is 0. The summed E-state index contributed by atoms with van der Waals surface area (Å²) < 4.78 is 1.76. The molecule has 0 fully saturated rings. The molecule has 0 aliphatic heterocycles. The smallest absolute Gasteiger partial charge is 0.107 e. The van der Waals surface area contributed by atoms with E-state index in [1.165, 1.54) is 10.4 Å². The maximum Gasteiger partial charge on any atom is 0.107 e. The van der Waals surface area contributed by atoms with Gasteiger partial charge in [0.05, 0.1) is 0 Å². The lowest BCUT2D eigenvalue weighted by Crippen LogP contribution is -2.17. The Labute approximate surface area is 129 Å². The highest BCUT2D eigenvalue weighted by molar-refractivity contribution is 9.10. The van der Waals surface area contributed by atoms with Crippen LogP contribution in [-0.4, -0.2) is 0 Å². The monoisotopic (exact) mass is 363 g/mol. The summed E-state index contributed by atoms with van der Waals surface area (Å²) in [6.45, 7) is 2.94. The molecule has 0 amide bonds. The van der Waals surface area contributed by atoms with E-state index in [4.69, 9.17) is 23.2 Å². The van der Waals surface area contributed by atoms with Gasteiger partial charge in [0, 0.05) is 27.0 Å². The van der Waals surface area contributed by atoms with E-state index < -0.39 is 0 Å². The molecule has 0 radical (unpaired) electrons. The van der Waals surface area contributed by atoms with Gasteiger partial charge in [-0.1, -0.05) is 35.3 Å². The van der Waals surface area contributed by atoms with E-state index in [2.05, 4.69) is 34.2 Å². The number of hydrogen-bond donors (Lipinski definition) is 1. The first-order valence-corrected chi connectivity index (χ1v) is 7.85. The quantitative estimate of drug-likeness (QED) is 0.737. The van der Waals surface area contributed by atoms with Crippen LogP contribution in [0.5, 0.6) is 0 Å². The Bertz CT molecular complexity index is 505. The largest absolute Gasteiger partial charge is 0.305 e. The first-order chi connectivity index (χ1) is 8.56. The first kappa shape index (κ1) is 14.4. The minimum Gasteiger partial charge on any atom is -0.305 e. The SMILES string of the molecule is C[C@H](NCc1cc(Br)c(Cl)s1)c1ccc(Cl)cc1. The minimum atomic E-state index is 0.280. The summed E-state index contributed by atoms with van der Waals surface area (Å²) in [6, 6.07) is 10.2. The van der Waals surface area contributed by atoms with Gasteiger partial charge in [0.2, 0.25) is 0 Å². The van der Waals surface area contributed by atoms with E-state index >= 15 is 0 Å². The zero-order chi connectivity index (χ0) is 13.1. The zero-order valence-corrected chi connectivity index (χ0v) is 13.6. The van der Waals surface area contributed by atoms with Crippen molar-refractivity contribution in [1.82, 2.24) is 5.32 Å². The van der Waals surface area contributed by atoms with Crippen LogP contribution in [0.25, 0.3) is 0 Å². The molecule has 1 heterocycles. The molecule has 18 heavy (non-hydrogen) atoms. The van der Waals surface area contributed by atoms with E-state index in [-0.39, 0.29) is 6.04 Å². The minimum absolute atomic E-state index is 0.280. The molecule has 1 aromatic carbocycles. The van der Waals surface area contributed by atoms with Crippen molar-refractivity contribution in [3.8, 4) is 0 Å². The highest BCUT2D eigenvalue weighted by Gasteiger charge is 2.08. The Morgan fingerprint density at radius 1 is 1.28 bits per heavy atom. The number of nitrogens with one attached hydrogen (secondary N) is 1. The fourth-order valence-electron chi connectivity index (χ4n) is 1.60. The van der Waals surface area contributed by atoms with Gasteiger partial charge in [-0.15, -0.1) is 11.3 Å². The molecule has 1 nitrogen and oxygen atoms in total. The van der Waals surface area contributed by atoms with Gasteiger partial charge >= 0.3 is 0 Å². The summed E-state index contributed by atoms with van der Waals surface area (Å²) in [5.74, 6) is 0. The molecule has 1 N–H and O–H groups in total. The van der Waals surface area contributed by atoms with E-state index in [1.54, 1.807) is 11.3 Å². The topological polar surface area (TPSA) is 12.0 Å². The third-order valence-electron chi connectivity index (χ3n) is 2.65. The molecule has 2 aromatic rings. The molecule has 0 aliphatic carbocycles. The Balaban J connectivity index is 1.95. The number of hydrogen-bond acceptors (Lipinski definition) is 2. The summed E-state index contributed by atoms with van der Waals surface area (Å²) in [5, 5.41) is 4.23.